The smallest absolute Gasteiger partial charge is 0.351 e. The second-order valence-corrected chi connectivity index (χ2v) is 6.30. The van der Waals surface area contributed by atoms with Crippen molar-refractivity contribution in [2.75, 3.05) is 5.32 Å². The fourth-order valence-corrected chi connectivity index (χ4v) is 2.68. The van der Waals surface area contributed by atoms with Crippen molar-refractivity contribution >= 4 is 29.0 Å². The van der Waals surface area contributed by atoms with Crippen LogP contribution in [0.2, 0.25) is 5.02 Å². The molecule has 0 atom stereocenters. The normalized spacial score (nSPS) is 14.6. The Bertz CT molecular complexity index is 1010. The van der Waals surface area contributed by atoms with Gasteiger partial charge >= 0.3 is 6.18 Å². The number of anilines is 1. The Morgan fingerprint density at radius 2 is 1.92 bits per heavy atom. The van der Waals surface area contributed by atoms with Gasteiger partial charge in [-0.25, -0.2) is 4.98 Å². The molecule has 0 spiro atoms. The largest absolute Gasteiger partial charge is 0.451 e. The molecule has 10 heteroatoms. The second kappa shape index (κ2) is 5.94. The summed E-state index contributed by atoms with van der Waals surface area (Å²) in [6.45, 7) is 0. The standard InChI is InChI=1S/C16H11ClF3N5O/c17-11-4-2-1-3-9(11)12(26)10-7-21-25-13(10)23-14(16(18,19)20)24-15(25)22-8-5-6-8/h1-4,7-8H,5-6H2,(H,22,23,24). The van der Waals surface area contributed by atoms with Crippen molar-refractivity contribution in [1.29, 1.82) is 0 Å². The van der Waals surface area contributed by atoms with E-state index in [1.54, 1.807) is 12.1 Å². The molecule has 1 aromatic carbocycles. The summed E-state index contributed by atoms with van der Waals surface area (Å²) in [6.07, 6.45) is -1.91. The first-order chi connectivity index (χ1) is 12.3. The summed E-state index contributed by atoms with van der Waals surface area (Å²) < 4.78 is 40.7. The third-order valence-corrected chi connectivity index (χ3v) is 4.22. The Morgan fingerprint density at radius 1 is 1.19 bits per heavy atom. The van der Waals surface area contributed by atoms with E-state index in [1.165, 1.54) is 18.3 Å². The van der Waals surface area contributed by atoms with E-state index in [0.717, 1.165) is 17.4 Å². The van der Waals surface area contributed by atoms with Gasteiger partial charge in [-0.3, -0.25) is 4.79 Å². The number of halogens is 4. The number of hydrogen-bond acceptors (Lipinski definition) is 5. The third kappa shape index (κ3) is 2.98. The molecule has 0 amide bonds. The fraction of sp³-hybridized carbons (Fsp3) is 0.250. The first-order valence-electron chi connectivity index (χ1n) is 7.73. The lowest BCUT2D eigenvalue weighted by Crippen LogP contribution is -2.18. The SMILES string of the molecule is O=C(c1ccccc1Cl)c1cnn2c(NC3CC3)nc(C(F)(F)F)nc12. The monoisotopic (exact) mass is 381 g/mol. The second-order valence-electron chi connectivity index (χ2n) is 5.89. The number of nitrogens with one attached hydrogen (secondary N) is 1. The Hall–Kier alpha value is -2.68. The average molecular weight is 382 g/mol. The van der Waals surface area contributed by atoms with E-state index in [0.29, 0.717) is 0 Å². The summed E-state index contributed by atoms with van der Waals surface area (Å²) in [7, 11) is 0. The van der Waals surface area contributed by atoms with E-state index in [-0.39, 0.29) is 33.8 Å². The number of aromatic nitrogens is 4. The average Bonchev–Trinajstić information content (AvgIpc) is 3.29. The summed E-state index contributed by atoms with van der Waals surface area (Å²) in [5.41, 5.74) is -0.141. The molecule has 1 aliphatic carbocycles. The van der Waals surface area contributed by atoms with Gasteiger partial charge in [-0.15, -0.1) is 0 Å². The van der Waals surface area contributed by atoms with Gasteiger partial charge in [-0.1, -0.05) is 23.7 Å². The van der Waals surface area contributed by atoms with E-state index in [4.69, 9.17) is 11.6 Å². The zero-order valence-corrected chi connectivity index (χ0v) is 13.8. The lowest BCUT2D eigenvalue weighted by molar-refractivity contribution is -0.144. The van der Waals surface area contributed by atoms with Crippen molar-refractivity contribution in [3.05, 3.63) is 52.4 Å². The van der Waals surface area contributed by atoms with Gasteiger partial charge < -0.3 is 5.32 Å². The van der Waals surface area contributed by atoms with Crippen molar-refractivity contribution in [2.45, 2.75) is 25.1 Å². The predicted octanol–water partition coefficient (Wildman–Crippen LogP) is 3.60. The Balaban J connectivity index is 1.88. The minimum atomic E-state index is -4.75. The molecule has 4 rings (SSSR count). The van der Waals surface area contributed by atoms with Crippen molar-refractivity contribution in [3.63, 3.8) is 0 Å². The van der Waals surface area contributed by atoms with Crippen molar-refractivity contribution < 1.29 is 18.0 Å². The van der Waals surface area contributed by atoms with Crippen LogP contribution in [-0.4, -0.2) is 31.4 Å². The number of nitrogens with zero attached hydrogens (tertiary/aromatic N) is 4. The predicted molar refractivity (Wildman–Crippen MR) is 87.3 cm³/mol. The molecule has 0 aliphatic heterocycles. The van der Waals surface area contributed by atoms with Crippen LogP contribution in [0, 0.1) is 0 Å². The van der Waals surface area contributed by atoms with Gasteiger partial charge in [0.1, 0.15) is 0 Å². The number of carbonyl (C=O) groups is 1. The number of fused-ring (bicyclic) bond motifs is 1. The van der Waals surface area contributed by atoms with Crippen LogP contribution in [0.1, 0.15) is 34.6 Å². The Kier molecular flexibility index (Phi) is 3.83. The van der Waals surface area contributed by atoms with Crippen LogP contribution < -0.4 is 5.32 Å². The molecule has 6 nitrogen and oxygen atoms in total. The quantitative estimate of drug-likeness (QED) is 0.699. The van der Waals surface area contributed by atoms with Crippen molar-refractivity contribution in [3.8, 4) is 0 Å². The van der Waals surface area contributed by atoms with Gasteiger partial charge in [0, 0.05) is 11.6 Å². The number of benzene rings is 1. The van der Waals surface area contributed by atoms with Crippen LogP contribution in [0.25, 0.3) is 5.65 Å². The first-order valence-corrected chi connectivity index (χ1v) is 8.11. The fourth-order valence-electron chi connectivity index (χ4n) is 2.46. The molecular weight excluding hydrogens is 371 g/mol. The van der Waals surface area contributed by atoms with Gasteiger partial charge in [0.2, 0.25) is 11.8 Å². The first kappa shape index (κ1) is 16.8. The maximum absolute atomic E-state index is 13.2. The highest BCUT2D eigenvalue weighted by Crippen LogP contribution is 2.31. The molecule has 0 saturated heterocycles. The molecule has 2 heterocycles. The lowest BCUT2D eigenvalue weighted by atomic mass is 10.1. The topological polar surface area (TPSA) is 72.2 Å². The molecular formula is C16H11ClF3N5O. The minimum absolute atomic E-state index is 0.0427. The van der Waals surface area contributed by atoms with Crippen LogP contribution in [0.4, 0.5) is 19.1 Å². The minimum Gasteiger partial charge on any atom is -0.351 e. The molecule has 1 saturated carbocycles. The zero-order valence-electron chi connectivity index (χ0n) is 13.1. The zero-order chi connectivity index (χ0) is 18.5. The van der Waals surface area contributed by atoms with E-state index in [9.17, 15) is 18.0 Å². The van der Waals surface area contributed by atoms with Crippen LogP contribution in [-0.2, 0) is 6.18 Å². The molecule has 2 aromatic heterocycles. The van der Waals surface area contributed by atoms with Crippen LogP contribution in [0.3, 0.4) is 0 Å². The number of rotatable bonds is 4. The summed E-state index contributed by atoms with van der Waals surface area (Å²) >= 11 is 6.03. The van der Waals surface area contributed by atoms with E-state index in [1.807, 2.05) is 0 Å². The van der Waals surface area contributed by atoms with Crippen LogP contribution in [0.15, 0.2) is 30.5 Å². The van der Waals surface area contributed by atoms with Gasteiger partial charge in [-0.2, -0.15) is 27.8 Å². The Morgan fingerprint density at radius 3 is 2.58 bits per heavy atom. The van der Waals surface area contributed by atoms with Crippen LogP contribution in [0.5, 0.6) is 0 Å². The molecule has 0 bridgehead atoms. The summed E-state index contributed by atoms with van der Waals surface area (Å²) in [5.74, 6) is -1.99. The molecule has 3 aromatic rings. The number of alkyl halides is 3. The van der Waals surface area contributed by atoms with Gasteiger partial charge in [-0.05, 0) is 25.0 Å². The summed E-state index contributed by atoms with van der Waals surface area (Å²) in [4.78, 5) is 19.8. The van der Waals surface area contributed by atoms with Gasteiger partial charge in [0.15, 0.2) is 11.4 Å². The number of carbonyl (C=O) groups excluding carboxylic acids is 1. The maximum Gasteiger partial charge on any atom is 0.451 e. The highest BCUT2D eigenvalue weighted by Gasteiger charge is 2.37. The molecule has 1 aliphatic rings. The van der Waals surface area contributed by atoms with Gasteiger partial charge in [0.05, 0.1) is 16.8 Å². The maximum atomic E-state index is 13.2. The molecule has 1 fully saturated rings. The van der Waals surface area contributed by atoms with Crippen molar-refractivity contribution in [2.24, 2.45) is 0 Å². The lowest BCUT2D eigenvalue weighted by Gasteiger charge is -2.10. The molecule has 134 valence electrons. The van der Waals surface area contributed by atoms with Crippen LogP contribution >= 0.6 is 11.6 Å². The molecule has 1 N–H and O–H groups in total. The van der Waals surface area contributed by atoms with E-state index >= 15 is 0 Å². The van der Waals surface area contributed by atoms with Gasteiger partial charge in [0.25, 0.3) is 0 Å². The highest BCUT2D eigenvalue weighted by molar-refractivity contribution is 6.35. The van der Waals surface area contributed by atoms with E-state index in [2.05, 4.69) is 20.4 Å². The highest BCUT2D eigenvalue weighted by atomic mass is 35.5. The third-order valence-electron chi connectivity index (χ3n) is 3.90. The van der Waals surface area contributed by atoms with E-state index < -0.39 is 17.8 Å². The summed E-state index contributed by atoms with van der Waals surface area (Å²) in [5, 5.41) is 7.08. The summed E-state index contributed by atoms with van der Waals surface area (Å²) in [6, 6.07) is 6.32. The van der Waals surface area contributed by atoms with Crippen molar-refractivity contribution in [1.82, 2.24) is 19.6 Å². The molecule has 0 unspecified atom stereocenters. The molecule has 0 radical (unpaired) electrons. The number of hydrogen-bond donors (Lipinski definition) is 1. The Labute approximate surface area is 150 Å². The number of ketones is 1. The molecule has 26 heavy (non-hydrogen) atoms.